The number of hydrogen-bond acceptors (Lipinski definition) is 3. The zero-order valence-corrected chi connectivity index (χ0v) is 15.0. The fourth-order valence-corrected chi connectivity index (χ4v) is 3.18. The van der Waals surface area contributed by atoms with E-state index in [0.29, 0.717) is 5.69 Å². The molecule has 0 bridgehead atoms. The van der Waals surface area contributed by atoms with E-state index in [2.05, 4.69) is 53.0 Å². The lowest BCUT2D eigenvalue weighted by molar-refractivity contribution is 0.0697. The summed E-state index contributed by atoms with van der Waals surface area (Å²) in [5, 5.41) is 17.6. The molecule has 0 saturated carbocycles. The highest BCUT2D eigenvalue weighted by molar-refractivity contribution is 5.88. The third-order valence-corrected chi connectivity index (χ3v) is 4.52. The Morgan fingerprint density at radius 1 is 0.926 bits per heavy atom. The van der Waals surface area contributed by atoms with E-state index in [9.17, 15) is 4.79 Å². The van der Waals surface area contributed by atoms with E-state index in [0.717, 1.165) is 16.9 Å². The minimum Gasteiger partial charge on any atom is -0.478 e. The van der Waals surface area contributed by atoms with Crippen molar-refractivity contribution in [3.63, 3.8) is 0 Å². The Labute approximate surface area is 156 Å². The summed E-state index contributed by atoms with van der Waals surface area (Å²) in [4.78, 5) is 11.2. The van der Waals surface area contributed by atoms with Crippen LogP contribution in [-0.4, -0.2) is 30.6 Å². The normalized spacial score (nSPS) is 10.9. The van der Waals surface area contributed by atoms with Crippen LogP contribution in [0.15, 0.2) is 66.9 Å². The quantitative estimate of drug-likeness (QED) is 0.597. The third kappa shape index (κ3) is 3.13. The first-order chi connectivity index (χ1) is 13.0. The Balaban J connectivity index is 1.71. The van der Waals surface area contributed by atoms with Crippen molar-refractivity contribution in [3.05, 3.63) is 83.8 Å². The molecule has 4 rings (SSSR count). The highest BCUT2D eigenvalue weighted by atomic mass is 16.4. The predicted molar refractivity (Wildman–Crippen MR) is 103 cm³/mol. The molecule has 27 heavy (non-hydrogen) atoms. The number of benzene rings is 2. The molecule has 0 spiro atoms. The Bertz CT molecular complexity index is 1120. The Morgan fingerprint density at radius 2 is 1.63 bits per heavy atom. The molecular weight excluding hydrogens is 340 g/mol. The van der Waals surface area contributed by atoms with E-state index < -0.39 is 5.97 Å². The summed E-state index contributed by atoms with van der Waals surface area (Å²) in [6.45, 7) is 4.15. The SMILES string of the molecule is Cc1ccc(C)n1-c1cccc(-c2cn(-c3cccc(C(=O)O)c3)nn2)c1. The van der Waals surface area contributed by atoms with Crippen molar-refractivity contribution in [2.24, 2.45) is 0 Å². The van der Waals surface area contributed by atoms with Gasteiger partial charge in [0.2, 0.25) is 0 Å². The molecule has 0 aliphatic rings. The van der Waals surface area contributed by atoms with Gasteiger partial charge in [-0.05, 0) is 56.3 Å². The lowest BCUT2D eigenvalue weighted by Crippen LogP contribution is -2.00. The molecule has 6 nitrogen and oxygen atoms in total. The standard InChI is InChI=1S/C21H18N4O2/c1-14-9-10-15(2)25(14)19-8-3-5-16(11-19)20-13-24(23-22-20)18-7-4-6-17(12-18)21(26)27/h3-13H,1-2H3,(H,26,27). The lowest BCUT2D eigenvalue weighted by atomic mass is 10.1. The molecule has 0 fully saturated rings. The van der Waals surface area contributed by atoms with Gasteiger partial charge in [-0.3, -0.25) is 0 Å². The maximum atomic E-state index is 11.2. The van der Waals surface area contributed by atoms with Gasteiger partial charge in [-0.25, -0.2) is 9.48 Å². The van der Waals surface area contributed by atoms with Gasteiger partial charge in [-0.2, -0.15) is 0 Å². The average Bonchev–Trinajstić information content (AvgIpc) is 3.29. The largest absolute Gasteiger partial charge is 0.478 e. The Kier molecular flexibility index (Phi) is 4.08. The first-order valence-electron chi connectivity index (χ1n) is 8.55. The topological polar surface area (TPSA) is 72.9 Å². The first-order valence-corrected chi connectivity index (χ1v) is 8.55. The molecule has 0 aliphatic carbocycles. The smallest absolute Gasteiger partial charge is 0.335 e. The number of aryl methyl sites for hydroxylation is 2. The van der Waals surface area contributed by atoms with Crippen molar-refractivity contribution in [3.8, 4) is 22.6 Å². The van der Waals surface area contributed by atoms with Gasteiger partial charge in [0, 0.05) is 22.6 Å². The summed E-state index contributed by atoms with van der Waals surface area (Å²) >= 11 is 0. The minimum absolute atomic E-state index is 0.213. The van der Waals surface area contributed by atoms with Gasteiger partial charge in [0.05, 0.1) is 17.4 Å². The van der Waals surface area contributed by atoms with E-state index in [1.165, 1.54) is 11.4 Å². The molecule has 6 heteroatoms. The monoisotopic (exact) mass is 358 g/mol. The molecule has 0 atom stereocenters. The van der Waals surface area contributed by atoms with E-state index in [1.54, 1.807) is 35.1 Å². The molecule has 4 aromatic rings. The number of aromatic carboxylic acids is 1. The van der Waals surface area contributed by atoms with Crippen molar-refractivity contribution in [2.75, 3.05) is 0 Å². The number of rotatable bonds is 4. The summed E-state index contributed by atoms with van der Waals surface area (Å²) in [5.74, 6) is -0.970. The highest BCUT2D eigenvalue weighted by Gasteiger charge is 2.10. The molecule has 0 amide bonds. The summed E-state index contributed by atoms with van der Waals surface area (Å²) in [5.41, 5.74) is 5.93. The maximum Gasteiger partial charge on any atom is 0.335 e. The van der Waals surface area contributed by atoms with E-state index >= 15 is 0 Å². The highest BCUT2D eigenvalue weighted by Crippen LogP contribution is 2.23. The van der Waals surface area contributed by atoms with Crippen LogP contribution in [0.3, 0.4) is 0 Å². The fourth-order valence-electron chi connectivity index (χ4n) is 3.18. The molecule has 134 valence electrons. The number of carbonyl (C=O) groups is 1. The zero-order chi connectivity index (χ0) is 19.0. The first kappa shape index (κ1) is 16.8. The summed E-state index contributed by atoms with van der Waals surface area (Å²) < 4.78 is 3.77. The number of hydrogen-bond donors (Lipinski definition) is 1. The van der Waals surface area contributed by atoms with Crippen molar-refractivity contribution in [1.82, 2.24) is 19.6 Å². The molecule has 2 heterocycles. The zero-order valence-electron chi connectivity index (χ0n) is 15.0. The van der Waals surface area contributed by atoms with E-state index in [-0.39, 0.29) is 5.56 Å². The van der Waals surface area contributed by atoms with Crippen molar-refractivity contribution in [1.29, 1.82) is 0 Å². The Morgan fingerprint density at radius 3 is 2.37 bits per heavy atom. The van der Waals surface area contributed by atoms with Crippen molar-refractivity contribution >= 4 is 5.97 Å². The molecule has 0 unspecified atom stereocenters. The molecule has 0 saturated heterocycles. The van der Waals surface area contributed by atoms with Crippen molar-refractivity contribution < 1.29 is 9.90 Å². The third-order valence-electron chi connectivity index (χ3n) is 4.52. The number of nitrogens with zero attached hydrogens (tertiary/aromatic N) is 4. The van der Waals surface area contributed by atoms with Gasteiger partial charge >= 0.3 is 5.97 Å². The second kappa shape index (κ2) is 6.57. The van der Waals surface area contributed by atoms with Gasteiger partial charge in [0.25, 0.3) is 0 Å². The van der Waals surface area contributed by atoms with Gasteiger partial charge in [0.15, 0.2) is 0 Å². The van der Waals surface area contributed by atoms with Crippen molar-refractivity contribution in [2.45, 2.75) is 13.8 Å². The summed E-state index contributed by atoms with van der Waals surface area (Å²) in [7, 11) is 0. The van der Waals surface area contributed by atoms with Crippen LogP contribution < -0.4 is 0 Å². The molecule has 0 radical (unpaired) electrons. The van der Waals surface area contributed by atoms with Crippen LogP contribution in [-0.2, 0) is 0 Å². The Hall–Kier alpha value is -3.67. The summed E-state index contributed by atoms with van der Waals surface area (Å²) in [6.07, 6.45) is 1.80. The number of aromatic nitrogens is 4. The minimum atomic E-state index is -0.970. The van der Waals surface area contributed by atoms with Crippen LogP contribution >= 0.6 is 0 Å². The van der Waals surface area contributed by atoms with Crippen LogP contribution in [0, 0.1) is 13.8 Å². The molecular formula is C21H18N4O2. The van der Waals surface area contributed by atoms with Crippen LogP contribution in [0.4, 0.5) is 0 Å². The van der Waals surface area contributed by atoms with Gasteiger partial charge < -0.3 is 9.67 Å². The van der Waals surface area contributed by atoms with Crippen LogP contribution in [0.2, 0.25) is 0 Å². The number of carboxylic acids is 1. The van der Waals surface area contributed by atoms with Crippen LogP contribution in [0.1, 0.15) is 21.7 Å². The molecule has 2 aromatic heterocycles. The predicted octanol–water partition coefficient (Wildman–Crippen LogP) is 4.04. The molecule has 0 aliphatic heterocycles. The fraction of sp³-hybridized carbons (Fsp3) is 0.0952. The second-order valence-electron chi connectivity index (χ2n) is 6.41. The van der Waals surface area contributed by atoms with E-state index in [4.69, 9.17) is 5.11 Å². The molecule has 2 aromatic carbocycles. The maximum absolute atomic E-state index is 11.2. The second-order valence-corrected chi connectivity index (χ2v) is 6.41. The number of carboxylic acid groups (broad SMARTS) is 1. The average molecular weight is 358 g/mol. The lowest BCUT2D eigenvalue weighted by Gasteiger charge is -2.10. The van der Waals surface area contributed by atoms with Gasteiger partial charge in [-0.1, -0.05) is 23.4 Å². The van der Waals surface area contributed by atoms with Crippen LogP contribution in [0.5, 0.6) is 0 Å². The van der Waals surface area contributed by atoms with Gasteiger partial charge in [-0.15, -0.1) is 5.10 Å². The molecule has 1 N–H and O–H groups in total. The van der Waals surface area contributed by atoms with Crippen LogP contribution in [0.25, 0.3) is 22.6 Å². The van der Waals surface area contributed by atoms with E-state index in [1.807, 2.05) is 12.1 Å². The summed E-state index contributed by atoms with van der Waals surface area (Å²) in [6, 6.07) is 18.9. The van der Waals surface area contributed by atoms with Gasteiger partial charge in [0.1, 0.15) is 5.69 Å².